The second-order valence-electron chi connectivity index (χ2n) is 4.36. The largest absolute Gasteiger partial charge is 0.490 e. The van der Waals surface area contributed by atoms with Crippen LogP contribution in [0.2, 0.25) is 0 Å². The summed E-state index contributed by atoms with van der Waals surface area (Å²) in [6.45, 7) is 3.29. The molecule has 0 saturated heterocycles. The van der Waals surface area contributed by atoms with Crippen LogP contribution >= 0.6 is 15.9 Å². The van der Waals surface area contributed by atoms with Crippen molar-refractivity contribution in [3.05, 3.63) is 28.0 Å². The van der Waals surface area contributed by atoms with Gasteiger partial charge in [0.15, 0.2) is 18.1 Å². The first-order valence-corrected chi connectivity index (χ1v) is 7.44. The average Bonchev–Trinajstić information content (AvgIpc) is 2.84. The monoisotopic (exact) mass is 355 g/mol. The number of halogens is 1. The topological polar surface area (TPSA) is 88.1 Å². The Hall–Kier alpha value is -1.67. The number of ether oxygens (including phenoxy) is 2. The maximum absolute atomic E-state index is 5.77. The summed E-state index contributed by atoms with van der Waals surface area (Å²) in [6.07, 6.45) is 0.782. The Morgan fingerprint density at radius 1 is 1.33 bits per heavy atom. The standard InChI is InChI=1S/C13H18BrN5O2/c1-3-20-11-7-9(4-5-15)6-10(14)13(11)21-8-12-16-18-19(2)17-12/h6-7H,3-5,8,15H2,1-2H3. The first-order chi connectivity index (χ1) is 10.1. The van der Waals surface area contributed by atoms with Gasteiger partial charge in [-0.15, -0.1) is 10.2 Å². The van der Waals surface area contributed by atoms with E-state index in [-0.39, 0.29) is 6.61 Å². The molecule has 0 aliphatic carbocycles. The normalized spacial score (nSPS) is 10.7. The van der Waals surface area contributed by atoms with Gasteiger partial charge in [0.1, 0.15) is 0 Å². The first kappa shape index (κ1) is 15.7. The van der Waals surface area contributed by atoms with Crippen molar-refractivity contribution in [1.29, 1.82) is 0 Å². The zero-order valence-corrected chi connectivity index (χ0v) is 13.6. The van der Waals surface area contributed by atoms with Gasteiger partial charge < -0.3 is 15.2 Å². The third-order valence-corrected chi connectivity index (χ3v) is 3.29. The zero-order chi connectivity index (χ0) is 15.2. The minimum Gasteiger partial charge on any atom is -0.490 e. The third kappa shape index (κ3) is 4.15. The van der Waals surface area contributed by atoms with E-state index >= 15 is 0 Å². The molecule has 2 aromatic rings. The Morgan fingerprint density at radius 3 is 2.76 bits per heavy atom. The van der Waals surface area contributed by atoms with Crippen molar-refractivity contribution in [2.75, 3.05) is 13.2 Å². The van der Waals surface area contributed by atoms with E-state index in [1.165, 1.54) is 4.80 Å². The lowest BCUT2D eigenvalue weighted by Crippen LogP contribution is -2.06. The van der Waals surface area contributed by atoms with Crippen LogP contribution in [0.5, 0.6) is 11.5 Å². The lowest BCUT2D eigenvalue weighted by Gasteiger charge is -2.14. The highest BCUT2D eigenvalue weighted by atomic mass is 79.9. The first-order valence-electron chi connectivity index (χ1n) is 6.65. The summed E-state index contributed by atoms with van der Waals surface area (Å²) in [5.74, 6) is 1.82. The molecule has 2 rings (SSSR count). The van der Waals surface area contributed by atoms with Crippen molar-refractivity contribution in [3.8, 4) is 11.5 Å². The predicted molar refractivity (Wildman–Crippen MR) is 81.2 cm³/mol. The van der Waals surface area contributed by atoms with Gasteiger partial charge >= 0.3 is 0 Å². The van der Waals surface area contributed by atoms with Crippen molar-refractivity contribution < 1.29 is 9.47 Å². The fraction of sp³-hybridized carbons (Fsp3) is 0.462. The van der Waals surface area contributed by atoms with Crippen molar-refractivity contribution >= 4 is 15.9 Å². The van der Waals surface area contributed by atoms with Crippen LogP contribution < -0.4 is 15.2 Å². The Labute approximate surface area is 131 Å². The number of hydrogen-bond acceptors (Lipinski definition) is 6. The number of nitrogens with zero attached hydrogens (tertiary/aromatic N) is 4. The molecule has 1 aromatic heterocycles. The van der Waals surface area contributed by atoms with Gasteiger partial charge in [0.05, 0.1) is 18.1 Å². The van der Waals surface area contributed by atoms with E-state index in [9.17, 15) is 0 Å². The maximum Gasteiger partial charge on any atom is 0.212 e. The minimum atomic E-state index is 0.225. The molecule has 0 saturated carbocycles. The summed E-state index contributed by atoms with van der Waals surface area (Å²) in [6, 6.07) is 3.93. The number of nitrogens with two attached hydrogens (primary N) is 1. The molecule has 0 bridgehead atoms. The minimum absolute atomic E-state index is 0.225. The maximum atomic E-state index is 5.77. The molecule has 0 spiro atoms. The SMILES string of the molecule is CCOc1cc(CCN)cc(Br)c1OCc1nnn(C)n1. The number of aromatic nitrogens is 4. The number of hydrogen-bond donors (Lipinski definition) is 1. The van der Waals surface area contributed by atoms with Gasteiger partial charge in [-0.3, -0.25) is 0 Å². The van der Waals surface area contributed by atoms with Crippen LogP contribution in [0.25, 0.3) is 0 Å². The van der Waals surface area contributed by atoms with Crippen LogP contribution in [-0.2, 0) is 20.1 Å². The summed E-state index contributed by atoms with van der Waals surface area (Å²) in [7, 11) is 1.71. The molecular formula is C13H18BrN5O2. The molecule has 21 heavy (non-hydrogen) atoms. The van der Waals surface area contributed by atoms with E-state index in [1.807, 2.05) is 19.1 Å². The molecule has 1 aromatic carbocycles. The molecule has 0 aliphatic rings. The number of rotatable bonds is 7. The molecule has 1 heterocycles. The molecule has 0 aliphatic heterocycles. The van der Waals surface area contributed by atoms with Crippen LogP contribution in [0.15, 0.2) is 16.6 Å². The molecule has 114 valence electrons. The highest BCUT2D eigenvalue weighted by Crippen LogP contribution is 2.37. The van der Waals surface area contributed by atoms with Crippen LogP contribution in [0.3, 0.4) is 0 Å². The predicted octanol–water partition coefficient (Wildman–Crippen LogP) is 1.45. The molecule has 0 radical (unpaired) electrons. The van der Waals surface area contributed by atoms with E-state index in [4.69, 9.17) is 15.2 Å². The van der Waals surface area contributed by atoms with Gasteiger partial charge in [-0.25, -0.2) is 0 Å². The summed E-state index contributed by atoms with van der Waals surface area (Å²) in [5.41, 5.74) is 6.69. The van der Waals surface area contributed by atoms with Gasteiger partial charge in [0.2, 0.25) is 5.82 Å². The molecule has 0 unspecified atom stereocenters. The molecule has 7 nitrogen and oxygen atoms in total. The Balaban J connectivity index is 2.19. The number of benzene rings is 1. The number of aryl methyl sites for hydroxylation is 1. The summed E-state index contributed by atoms with van der Waals surface area (Å²) in [4.78, 5) is 1.39. The fourth-order valence-corrected chi connectivity index (χ4v) is 2.46. The molecular weight excluding hydrogens is 338 g/mol. The van der Waals surface area contributed by atoms with Crippen molar-refractivity contribution in [3.63, 3.8) is 0 Å². The number of tetrazole rings is 1. The lowest BCUT2D eigenvalue weighted by atomic mass is 10.1. The van der Waals surface area contributed by atoms with Crippen LogP contribution in [0.1, 0.15) is 18.3 Å². The van der Waals surface area contributed by atoms with Gasteiger partial charge in [-0.1, -0.05) is 0 Å². The van der Waals surface area contributed by atoms with Gasteiger partial charge in [0, 0.05) is 0 Å². The zero-order valence-electron chi connectivity index (χ0n) is 12.0. The van der Waals surface area contributed by atoms with Crippen LogP contribution in [0, 0.1) is 0 Å². The van der Waals surface area contributed by atoms with E-state index in [1.54, 1.807) is 7.05 Å². The highest BCUT2D eigenvalue weighted by molar-refractivity contribution is 9.10. The molecule has 8 heteroatoms. The lowest BCUT2D eigenvalue weighted by molar-refractivity contribution is 0.261. The summed E-state index contributed by atoms with van der Waals surface area (Å²) < 4.78 is 12.2. The van der Waals surface area contributed by atoms with E-state index in [0.29, 0.717) is 30.5 Å². The third-order valence-electron chi connectivity index (χ3n) is 2.70. The average molecular weight is 356 g/mol. The molecule has 0 fully saturated rings. The molecule has 0 amide bonds. The quantitative estimate of drug-likeness (QED) is 0.808. The Morgan fingerprint density at radius 2 is 2.14 bits per heavy atom. The Kier molecular flexibility index (Phi) is 5.51. The Bertz CT molecular complexity index is 602. The van der Waals surface area contributed by atoms with Crippen LogP contribution in [-0.4, -0.2) is 33.4 Å². The van der Waals surface area contributed by atoms with Gasteiger partial charge in [-0.05, 0) is 58.7 Å². The van der Waals surface area contributed by atoms with Gasteiger partial charge in [0.25, 0.3) is 0 Å². The second kappa shape index (κ2) is 7.37. The van der Waals surface area contributed by atoms with Crippen molar-refractivity contribution in [2.24, 2.45) is 12.8 Å². The fourth-order valence-electron chi connectivity index (χ4n) is 1.85. The summed E-state index contributed by atoms with van der Waals surface area (Å²) >= 11 is 3.51. The molecule has 0 atom stereocenters. The van der Waals surface area contributed by atoms with Crippen molar-refractivity contribution in [1.82, 2.24) is 20.2 Å². The van der Waals surface area contributed by atoms with E-state index in [0.717, 1.165) is 16.5 Å². The molecule has 2 N–H and O–H groups in total. The van der Waals surface area contributed by atoms with Gasteiger partial charge in [-0.2, -0.15) is 4.80 Å². The summed E-state index contributed by atoms with van der Waals surface area (Å²) in [5, 5.41) is 11.7. The van der Waals surface area contributed by atoms with Crippen LogP contribution in [0.4, 0.5) is 0 Å². The smallest absolute Gasteiger partial charge is 0.212 e. The van der Waals surface area contributed by atoms with E-state index < -0.39 is 0 Å². The second-order valence-corrected chi connectivity index (χ2v) is 5.21. The van der Waals surface area contributed by atoms with E-state index in [2.05, 4.69) is 31.3 Å². The van der Waals surface area contributed by atoms with Crippen molar-refractivity contribution in [2.45, 2.75) is 20.0 Å². The highest BCUT2D eigenvalue weighted by Gasteiger charge is 2.13.